The summed E-state index contributed by atoms with van der Waals surface area (Å²) in [6.07, 6.45) is 3.71. The maximum atomic E-state index is 13.8. The summed E-state index contributed by atoms with van der Waals surface area (Å²) in [6, 6.07) is 22.6. The number of benzene rings is 2. The summed E-state index contributed by atoms with van der Waals surface area (Å²) < 4.78 is 8.58. The number of thiazole rings is 1. The van der Waals surface area contributed by atoms with Crippen LogP contribution in [0.4, 0.5) is 5.88 Å². The van der Waals surface area contributed by atoms with Gasteiger partial charge in [0.15, 0.2) is 10.7 Å². The molecule has 176 valence electrons. The molecule has 2 aromatic carbocycles. The summed E-state index contributed by atoms with van der Waals surface area (Å²) in [5, 5.41) is 0. The first-order chi connectivity index (χ1) is 17.2. The Balaban J connectivity index is 1.54. The van der Waals surface area contributed by atoms with Gasteiger partial charge >= 0.3 is 0 Å². The lowest BCUT2D eigenvalue weighted by Gasteiger charge is -2.30. The van der Waals surface area contributed by atoms with E-state index in [1.54, 1.807) is 0 Å². The molecule has 0 spiro atoms. The molecule has 35 heavy (non-hydrogen) atoms. The number of anilines is 1. The lowest BCUT2D eigenvalue weighted by molar-refractivity contribution is 0.541. The molecule has 6 heteroatoms. The minimum absolute atomic E-state index is 0.0196. The van der Waals surface area contributed by atoms with Crippen molar-refractivity contribution in [1.82, 2.24) is 4.57 Å². The molecule has 0 radical (unpaired) electrons. The molecule has 0 saturated carbocycles. The fraction of sp³-hybridized carbons (Fsp3) is 0.241. The van der Waals surface area contributed by atoms with Gasteiger partial charge in [0.05, 0.1) is 16.3 Å². The summed E-state index contributed by atoms with van der Waals surface area (Å²) >= 11 is 1.44. The number of rotatable bonds is 5. The van der Waals surface area contributed by atoms with E-state index in [0.717, 1.165) is 47.9 Å². The number of hydrogen-bond acceptors (Lipinski definition) is 5. The normalized spacial score (nSPS) is 17.0. The van der Waals surface area contributed by atoms with Crippen LogP contribution < -0.4 is 19.8 Å². The maximum absolute atomic E-state index is 13.8. The van der Waals surface area contributed by atoms with Crippen LogP contribution in [0.3, 0.4) is 0 Å². The van der Waals surface area contributed by atoms with Gasteiger partial charge in [-0.3, -0.25) is 9.36 Å². The fourth-order valence-corrected chi connectivity index (χ4v) is 6.19. The zero-order chi connectivity index (χ0) is 23.9. The third kappa shape index (κ3) is 3.69. The van der Waals surface area contributed by atoms with Crippen LogP contribution in [-0.4, -0.2) is 17.7 Å². The van der Waals surface area contributed by atoms with Gasteiger partial charge in [0.1, 0.15) is 5.76 Å². The van der Waals surface area contributed by atoms with Crippen LogP contribution in [0.5, 0.6) is 0 Å². The number of allylic oxidation sites excluding steroid dienone is 1. The molecule has 0 fully saturated rings. The molecular weight excluding hydrogens is 454 g/mol. The van der Waals surface area contributed by atoms with Gasteiger partial charge in [0.25, 0.3) is 5.56 Å². The largest absolute Gasteiger partial charge is 0.441 e. The first-order valence-corrected chi connectivity index (χ1v) is 13.0. The summed E-state index contributed by atoms with van der Waals surface area (Å²) in [6.45, 7) is 5.95. The molecule has 1 atom stereocenters. The van der Waals surface area contributed by atoms with E-state index in [1.807, 2.05) is 41.0 Å². The molecule has 2 aromatic heterocycles. The Kier molecular flexibility index (Phi) is 5.53. The highest BCUT2D eigenvalue weighted by molar-refractivity contribution is 7.07. The second kappa shape index (κ2) is 8.86. The Morgan fingerprint density at radius 3 is 2.60 bits per heavy atom. The Morgan fingerprint density at radius 2 is 1.80 bits per heavy atom. The smallest absolute Gasteiger partial charge is 0.271 e. The van der Waals surface area contributed by atoms with Crippen LogP contribution in [0.15, 0.2) is 86.5 Å². The van der Waals surface area contributed by atoms with Crippen molar-refractivity contribution in [2.75, 3.05) is 18.0 Å². The Hall–Kier alpha value is -3.64. The average Bonchev–Trinajstić information content (AvgIpc) is 3.48. The second-order valence-corrected chi connectivity index (χ2v) is 9.88. The molecule has 6 rings (SSSR count). The van der Waals surface area contributed by atoms with Crippen LogP contribution in [-0.2, 0) is 6.42 Å². The quantitative estimate of drug-likeness (QED) is 0.413. The van der Waals surface area contributed by atoms with E-state index in [1.165, 1.54) is 28.0 Å². The molecule has 0 bridgehead atoms. The van der Waals surface area contributed by atoms with Gasteiger partial charge < -0.3 is 9.32 Å². The number of aromatic nitrogens is 1. The first-order valence-electron chi connectivity index (χ1n) is 12.2. The molecular formula is C29H27N3O2S. The standard InChI is InChI=1S/C29H27N3O2S/c1-3-31(4-2)25-17-15-21(34-25)18-24-28(33)32-27(20-11-6-5-7-12-20)23-16-14-19-10-8-9-13-22(19)26(23)30-29(32)35-24/h5-13,15,17-18,27H,3-4,14,16H2,1-2H3/b24-18-/t27-/m0/s1. The molecule has 4 aromatic rings. The fourth-order valence-electron chi connectivity index (χ4n) is 5.21. The molecule has 1 aliphatic heterocycles. The SMILES string of the molecule is CCN(CC)c1ccc(/C=c2\sc3n(c2=O)[C@@H](c2ccccc2)C2=C(N=3)c3ccccc3CC2)o1. The van der Waals surface area contributed by atoms with Crippen LogP contribution >= 0.6 is 11.3 Å². The molecule has 1 aliphatic carbocycles. The van der Waals surface area contributed by atoms with Gasteiger partial charge in [-0.1, -0.05) is 65.9 Å². The van der Waals surface area contributed by atoms with Crippen molar-refractivity contribution in [3.63, 3.8) is 0 Å². The van der Waals surface area contributed by atoms with Gasteiger partial charge in [0.2, 0.25) is 0 Å². The lowest BCUT2D eigenvalue weighted by atomic mass is 9.83. The summed E-state index contributed by atoms with van der Waals surface area (Å²) in [4.78, 5) is 21.7. The van der Waals surface area contributed by atoms with Crippen LogP contribution in [0.2, 0.25) is 0 Å². The summed E-state index contributed by atoms with van der Waals surface area (Å²) in [5.74, 6) is 1.51. The van der Waals surface area contributed by atoms with Gasteiger partial charge in [0, 0.05) is 30.8 Å². The highest BCUT2D eigenvalue weighted by Gasteiger charge is 2.32. The molecule has 0 unspecified atom stereocenters. The predicted octanol–water partition coefficient (Wildman–Crippen LogP) is 4.76. The van der Waals surface area contributed by atoms with E-state index >= 15 is 0 Å². The zero-order valence-corrected chi connectivity index (χ0v) is 20.7. The van der Waals surface area contributed by atoms with Crippen molar-refractivity contribution in [2.24, 2.45) is 4.99 Å². The van der Waals surface area contributed by atoms with Crippen LogP contribution in [0.1, 0.15) is 48.8 Å². The molecule has 3 heterocycles. The number of nitrogens with zero attached hydrogens (tertiary/aromatic N) is 3. The number of furan rings is 1. The van der Waals surface area contributed by atoms with Crippen molar-refractivity contribution in [2.45, 2.75) is 32.7 Å². The van der Waals surface area contributed by atoms with Crippen molar-refractivity contribution in [1.29, 1.82) is 0 Å². The zero-order valence-electron chi connectivity index (χ0n) is 19.9. The monoisotopic (exact) mass is 481 g/mol. The van der Waals surface area contributed by atoms with Crippen molar-refractivity contribution in [3.8, 4) is 0 Å². The number of hydrogen-bond donors (Lipinski definition) is 0. The van der Waals surface area contributed by atoms with E-state index in [9.17, 15) is 4.79 Å². The van der Waals surface area contributed by atoms with Crippen LogP contribution in [0, 0.1) is 0 Å². The minimum Gasteiger partial charge on any atom is -0.441 e. The predicted molar refractivity (Wildman–Crippen MR) is 141 cm³/mol. The van der Waals surface area contributed by atoms with Crippen molar-refractivity contribution in [3.05, 3.63) is 114 Å². The highest BCUT2D eigenvalue weighted by Crippen LogP contribution is 2.41. The summed E-state index contributed by atoms with van der Waals surface area (Å²) in [5.41, 5.74) is 5.84. The van der Waals surface area contributed by atoms with E-state index in [4.69, 9.17) is 9.41 Å². The minimum atomic E-state index is -0.152. The number of aryl methyl sites for hydroxylation is 1. The maximum Gasteiger partial charge on any atom is 0.271 e. The average molecular weight is 482 g/mol. The van der Waals surface area contributed by atoms with Crippen molar-refractivity contribution >= 4 is 29.0 Å². The van der Waals surface area contributed by atoms with Crippen molar-refractivity contribution < 1.29 is 4.42 Å². The first kappa shape index (κ1) is 21.9. The van der Waals surface area contributed by atoms with E-state index in [-0.39, 0.29) is 11.6 Å². The van der Waals surface area contributed by atoms with E-state index in [0.29, 0.717) is 10.3 Å². The Bertz CT molecular complexity index is 1600. The topological polar surface area (TPSA) is 50.7 Å². The molecule has 0 amide bonds. The highest BCUT2D eigenvalue weighted by atomic mass is 32.1. The third-order valence-corrected chi connectivity index (χ3v) is 7.93. The molecule has 0 N–H and O–H groups in total. The molecule has 5 nitrogen and oxygen atoms in total. The lowest BCUT2D eigenvalue weighted by Crippen LogP contribution is -2.38. The van der Waals surface area contributed by atoms with E-state index < -0.39 is 0 Å². The third-order valence-electron chi connectivity index (χ3n) is 6.95. The van der Waals surface area contributed by atoms with Gasteiger partial charge in [-0.2, -0.15) is 0 Å². The molecule has 0 saturated heterocycles. The number of fused-ring (bicyclic) bond motifs is 3. The van der Waals surface area contributed by atoms with Gasteiger partial charge in [-0.25, -0.2) is 4.99 Å². The Labute approximate surface area is 208 Å². The van der Waals surface area contributed by atoms with E-state index in [2.05, 4.69) is 55.1 Å². The van der Waals surface area contributed by atoms with Crippen LogP contribution in [0.25, 0.3) is 11.8 Å². The van der Waals surface area contributed by atoms with Gasteiger partial charge in [-0.15, -0.1) is 0 Å². The summed E-state index contributed by atoms with van der Waals surface area (Å²) in [7, 11) is 0. The van der Waals surface area contributed by atoms with Gasteiger partial charge in [-0.05, 0) is 49.5 Å². The second-order valence-electron chi connectivity index (χ2n) is 8.87. The Morgan fingerprint density at radius 1 is 1.03 bits per heavy atom. The molecule has 2 aliphatic rings.